The van der Waals surface area contributed by atoms with Gasteiger partial charge in [0.15, 0.2) is 5.82 Å². The van der Waals surface area contributed by atoms with E-state index in [-0.39, 0.29) is 45.7 Å². The number of halogens is 3. The number of anilines is 1. The van der Waals surface area contributed by atoms with Crippen LogP contribution in [0.2, 0.25) is 5.02 Å². The number of rotatable bonds is 6. The third-order valence-corrected chi connectivity index (χ3v) is 6.94. The monoisotopic (exact) mass is 455 g/mol. The zero-order valence-electron chi connectivity index (χ0n) is 15.8. The van der Waals surface area contributed by atoms with E-state index < -0.39 is 34.0 Å². The number of hydrogen-bond acceptors (Lipinski definition) is 4. The molecular formula is C20H20ClF2N3O3S. The minimum atomic E-state index is -3.75. The van der Waals surface area contributed by atoms with Gasteiger partial charge in [-0.1, -0.05) is 23.7 Å². The summed E-state index contributed by atoms with van der Waals surface area (Å²) >= 11 is 6.23. The highest BCUT2D eigenvalue weighted by Gasteiger charge is 2.30. The van der Waals surface area contributed by atoms with Crippen molar-refractivity contribution in [3.05, 3.63) is 47.2 Å². The van der Waals surface area contributed by atoms with Crippen molar-refractivity contribution in [2.24, 2.45) is 0 Å². The second-order valence-electron chi connectivity index (χ2n) is 7.49. The van der Waals surface area contributed by atoms with Crippen LogP contribution in [0.15, 0.2) is 41.3 Å². The summed E-state index contributed by atoms with van der Waals surface area (Å²) in [6.45, 7) is 0.0758. The van der Waals surface area contributed by atoms with Crippen molar-refractivity contribution in [3.8, 4) is 11.1 Å². The number of alkyl halides is 1. The number of sulfonamides is 1. The van der Waals surface area contributed by atoms with Gasteiger partial charge < -0.3 is 10.6 Å². The summed E-state index contributed by atoms with van der Waals surface area (Å²) in [6, 6.07) is 7.60. The van der Waals surface area contributed by atoms with Crippen LogP contribution in [0.5, 0.6) is 0 Å². The molecule has 10 heteroatoms. The smallest absolute Gasteiger partial charge is 0.241 e. The summed E-state index contributed by atoms with van der Waals surface area (Å²) in [5, 5.41) is 5.37. The molecule has 2 aromatic rings. The maximum Gasteiger partial charge on any atom is 0.241 e. The summed E-state index contributed by atoms with van der Waals surface area (Å²) in [5.74, 6) is -1.30. The number of carbonyl (C=O) groups excluding carboxylic acids is 1. The Bertz CT molecular complexity index is 1090. The van der Waals surface area contributed by atoms with E-state index in [1.807, 2.05) is 0 Å². The molecule has 0 radical (unpaired) electrons. The van der Waals surface area contributed by atoms with E-state index in [0.717, 1.165) is 12.8 Å². The molecule has 2 fully saturated rings. The van der Waals surface area contributed by atoms with Crippen LogP contribution in [0.25, 0.3) is 11.1 Å². The molecule has 2 unspecified atom stereocenters. The fourth-order valence-corrected chi connectivity index (χ4v) is 4.87. The molecule has 1 aliphatic heterocycles. The SMILES string of the molecule is O=C(Nc1cccc(-c2cc(S(=O)(=O)NC3CC3)ccc2Cl)c1F)C1CC(F)CN1. The van der Waals surface area contributed by atoms with Crippen molar-refractivity contribution >= 4 is 33.2 Å². The molecule has 2 atom stereocenters. The second-order valence-corrected chi connectivity index (χ2v) is 9.61. The minimum absolute atomic E-state index is 0.0207. The summed E-state index contributed by atoms with van der Waals surface area (Å²) in [7, 11) is -3.75. The van der Waals surface area contributed by atoms with Gasteiger partial charge in [0.2, 0.25) is 15.9 Å². The van der Waals surface area contributed by atoms with Gasteiger partial charge in [-0.15, -0.1) is 0 Å². The molecule has 1 saturated carbocycles. The van der Waals surface area contributed by atoms with Gasteiger partial charge in [-0.3, -0.25) is 4.79 Å². The maximum atomic E-state index is 15.2. The first-order valence-electron chi connectivity index (χ1n) is 9.53. The predicted octanol–water partition coefficient (Wildman–Crippen LogP) is 3.23. The zero-order chi connectivity index (χ0) is 21.5. The first kappa shape index (κ1) is 21.2. The van der Waals surface area contributed by atoms with E-state index in [4.69, 9.17) is 11.6 Å². The molecule has 0 bridgehead atoms. The molecule has 4 rings (SSSR count). The third kappa shape index (κ3) is 4.49. The van der Waals surface area contributed by atoms with Crippen LogP contribution in [-0.4, -0.2) is 39.1 Å². The molecule has 0 spiro atoms. The first-order valence-corrected chi connectivity index (χ1v) is 11.4. The van der Waals surface area contributed by atoms with Gasteiger partial charge >= 0.3 is 0 Å². The molecule has 3 N–H and O–H groups in total. The van der Waals surface area contributed by atoms with Gasteiger partial charge in [0, 0.05) is 35.2 Å². The lowest BCUT2D eigenvalue weighted by Crippen LogP contribution is -2.35. The van der Waals surface area contributed by atoms with E-state index >= 15 is 4.39 Å². The highest BCUT2D eigenvalue weighted by atomic mass is 35.5. The molecule has 1 saturated heterocycles. The Morgan fingerprint density at radius 2 is 1.93 bits per heavy atom. The van der Waals surface area contributed by atoms with E-state index in [2.05, 4.69) is 15.4 Å². The summed E-state index contributed by atoms with van der Waals surface area (Å²) in [6.07, 6.45) is 0.474. The number of amides is 1. The van der Waals surface area contributed by atoms with Crippen LogP contribution >= 0.6 is 11.6 Å². The van der Waals surface area contributed by atoms with Gasteiger partial charge in [0.1, 0.15) is 6.17 Å². The average molecular weight is 456 g/mol. The van der Waals surface area contributed by atoms with Gasteiger partial charge in [-0.05, 0) is 37.1 Å². The number of carbonyl (C=O) groups is 1. The Kier molecular flexibility index (Phi) is 5.80. The maximum absolute atomic E-state index is 15.2. The van der Waals surface area contributed by atoms with E-state index in [1.54, 1.807) is 0 Å². The molecule has 2 aliphatic rings. The summed E-state index contributed by atoms with van der Waals surface area (Å²) in [4.78, 5) is 12.3. The molecule has 2 aromatic carbocycles. The van der Waals surface area contributed by atoms with Crippen LogP contribution < -0.4 is 15.4 Å². The lowest BCUT2D eigenvalue weighted by atomic mass is 10.0. The van der Waals surface area contributed by atoms with E-state index in [0.29, 0.717) is 0 Å². The van der Waals surface area contributed by atoms with Crippen LogP contribution in [0.1, 0.15) is 19.3 Å². The predicted molar refractivity (Wildman–Crippen MR) is 110 cm³/mol. The topological polar surface area (TPSA) is 87.3 Å². The van der Waals surface area contributed by atoms with Crippen molar-refractivity contribution in [2.75, 3.05) is 11.9 Å². The Hall–Kier alpha value is -2.07. The molecule has 1 aliphatic carbocycles. The minimum Gasteiger partial charge on any atom is -0.322 e. The molecule has 0 aromatic heterocycles. The van der Waals surface area contributed by atoms with Crippen molar-refractivity contribution in [3.63, 3.8) is 0 Å². The fourth-order valence-electron chi connectivity index (χ4n) is 3.32. The van der Waals surface area contributed by atoms with Crippen molar-refractivity contribution < 1.29 is 22.0 Å². The highest BCUT2D eigenvalue weighted by molar-refractivity contribution is 7.89. The van der Waals surface area contributed by atoms with Gasteiger partial charge in [-0.2, -0.15) is 0 Å². The molecule has 1 amide bonds. The molecular weight excluding hydrogens is 436 g/mol. The van der Waals surface area contributed by atoms with Crippen LogP contribution in [0, 0.1) is 5.82 Å². The second kappa shape index (κ2) is 8.22. The van der Waals surface area contributed by atoms with Crippen LogP contribution in [-0.2, 0) is 14.8 Å². The number of hydrogen-bond donors (Lipinski definition) is 3. The summed E-state index contributed by atoms with van der Waals surface area (Å²) < 4.78 is 56.1. The van der Waals surface area contributed by atoms with Gasteiger partial charge in [0.05, 0.1) is 16.6 Å². The van der Waals surface area contributed by atoms with Gasteiger partial charge in [0.25, 0.3) is 0 Å². The van der Waals surface area contributed by atoms with Crippen molar-refractivity contribution in [2.45, 2.75) is 42.4 Å². The van der Waals surface area contributed by atoms with Crippen molar-refractivity contribution in [1.82, 2.24) is 10.0 Å². The van der Waals surface area contributed by atoms with E-state index in [1.165, 1.54) is 36.4 Å². The Labute approximate surface area is 178 Å². The van der Waals surface area contributed by atoms with Gasteiger partial charge in [-0.25, -0.2) is 21.9 Å². The number of benzene rings is 2. The molecule has 6 nitrogen and oxygen atoms in total. The van der Waals surface area contributed by atoms with E-state index in [9.17, 15) is 17.6 Å². The normalized spacial score (nSPS) is 21.6. The Morgan fingerprint density at radius 3 is 2.60 bits per heavy atom. The molecule has 1 heterocycles. The van der Waals surface area contributed by atoms with Crippen LogP contribution in [0.4, 0.5) is 14.5 Å². The first-order chi connectivity index (χ1) is 14.2. The standard InChI is InChI=1S/C20H20ClF2N3O3S/c21-16-7-6-13(30(28,29)26-12-4-5-12)9-15(16)14-2-1-3-17(19(14)23)25-20(27)18-8-11(22)10-24-18/h1-3,6-7,9,11-12,18,24,26H,4-5,8,10H2,(H,25,27). The Morgan fingerprint density at radius 1 is 1.17 bits per heavy atom. The summed E-state index contributed by atoms with van der Waals surface area (Å²) in [5.41, 5.74) is 0.137. The lowest BCUT2D eigenvalue weighted by molar-refractivity contribution is -0.117. The Balaban J connectivity index is 1.63. The largest absolute Gasteiger partial charge is 0.322 e. The number of nitrogens with one attached hydrogen (secondary N) is 3. The third-order valence-electron chi connectivity index (χ3n) is 5.09. The zero-order valence-corrected chi connectivity index (χ0v) is 17.4. The molecule has 30 heavy (non-hydrogen) atoms. The quantitative estimate of drug-likeness (QED) is 0.624. The lowest BCUT2D eigenvalue weighted by Gasteiger charge is -2.15. The average Bonchev–Trinajstić information content (AvgIpc) is 3.39. The fraction of sp³-hybridized carbons (Fsp3) is 0.350. The van der Waals surface area contributed by atoms with Crippen LogP contribution in [0.3, 0.4) is 0 Å². The van der Waals surface area contributed by atoms with Crippen molar-refractivity contribution in [1.29, 1.82) is 0 Å². The molecule has 160 valence electrons. The highest BCUT2D eigenvalue weighted by Crippen LogP contribution is 2.35.